The fourth-order valence-corrected chi connectivity index (χ4v) is 5.73. The van der Waals surface area contributed by atoms with E-state index in [1.165, 1.54) is 4.31 Å². The zero-order chi connectivity index (χ0) is 22.9. The van der Waals surface area contributed by atoms with Gasteiger partial charge < -0.3 is 5.32 Å². The summed E-state index contributed by atoms with van der Waals surface area (Å²) in [6.45, 7) is 4.87. The van der Waals surface area contributed by atoms with Gasteiger partial charge >= 0.3 is 0 Å². The van der Waals surface area contributed by atoms with E-state index < -0.39 is 15.9 Å². The Morgan fingerprint density at radius 2 is 2.06 bits per heavy atom. The number of carbonyl (C=O) groups excluding carboxylic acids is 1. The zero-order valence-electron chi connectivity index (χ0n) is 18.0. The fourth-order valence-electron chi connectivity index (χ4n) is 3.97. The van der Waals surface area contributed by atoms with Gasteiger partial charge in [-0.1, -0.05) is 28.9 Å². The molecule has 0 spiro atoms. The van der Waals surface area contributed by atoms with Gasteiger partial charge in [0.25, 0.3) is 0 Å². The van der Waals surface area contributed by atoms with Crippen LogP contribution in [0.5, 0.6) is 0 Å². The molecular weight excluding hydrogens is 450 g/mol. The van der Waals surface area contributed by atoms with Crippen molar-refractivity contribution in [2.75, 3.05) is 13.1 Å². The minimum atomic E-state index is -3.74. The number of amides is 1. The van der Waals surface area contributed by atoms with E-state index in [2.05, 4.69) is 15.6 Å². The molecule has 1 amide bonds. The van der Waals surface area contributed by atoms with Crippen LogP contribution in [-0.2, 0) is 21.4 Å². The highest BCUT2D eigenvalue weighted by molar-refractivity contribution is 7.89. The first-order chi connectivity index (χ1) is 15.3. The summed E-state index contributed by atoms with van der Waals surface area (Å²) in [5, 5.41) is 11.7. The maximum absolute atomic E-state index is 13.3. The number of hydrogen-bond acceptors (Lipinski definition) is 5. The van der Waals surface area contributed by atoms with E-state index in [1.54, 1.807) is 35.0 Å². The van der Waals surface area contributed by atoms with Gasteiger partial charge in [-0.25, -0.2) is 13.1 Å². The Bertz CT molecular complexity index is 1240. The largest absolute Gasteiger partial charge is 0.352 e. The van der Waals surface area contributed by atoms with Crippen LogP contribution in [0.4, 0.5) is 0 Å². The van der Waals surface area contributed by atoms with E-state index >= 15 is 0 Å². The lowest BCUT2D eigenvalue weighted by atomic mass is 9.99. The molecule has 8 nitrogen and oxygen atoms in total. The van der Waals surface area contributed by atoms with Crippen LogP contribution in [0, 0.1) is 5.92 Å². The zero-order valence-corrected chi connectivity index (χ0v) is 19.6. The molecule has 0 radical (unpaired) electrons. The van der Waals surface area contributed by atoms with Crippen molar-refractivity contribution < 1.29 is 13.2 Å². The molecule has 1 aromatic heterocycles. The Morgan fingerprint density at radius 3 is 2.81 bits per heavy atom. The predicted molar refractivity (Wildman–Crippen MR) is 123 cm³/mol. The van der Waals surface area contributed by atoms with E-state index in [0.717, 1.165) is 11.1 Å². The van der Waals surface area contributed by atoms with Gasteiger partial charge in [-0.2, -0.15) is 4.31 Å². The van der Waals surface area contributed by atoms with Gasteiger partial charge in [0.15, 0.2) is 0 Å². The van der Waals surface area contributed by atoms with Crippen LogP contribution < -0.4 is 5.32 Å². The monoisotopic (exact) mass is 475 g/mol. The van der Waals surface area contributed by atoms with Gasteiger partial charge in [-0.15, -0.1) is 5.10 Å². The molecule has 1 N–H and O–H groups in total. The number of piperidine rings is 1. The first kappa shape index (κ1) is 22.7. The first-order valence-corrected chi connectivity index (χ1v) is 12.4. The molecule has 0 unspecified atom stereocenters. The maximum Gasteiger partial charge on any atom is 0.243 e. The minimum Gasteiger partial charge on any atom is -0.352 e. The third kappa shape index (κ3) is 4.65. The highest BCUT2D eigenvalue weighted by atomic mass is 35.5. The van der Waals surface area contributed by atoms with E-state index in [1.807, 2.05) is 26.0 Å². The number of rotatable bonds is 6. The molecule has 0 saturated carbocycles. The van der Waals surface area contributed by atoms with Crippen molar-refractivity contribution in [2.45, 2.75) is 44.2 Å². The van der Waals surface area contributed by atoms with Gasteiger partial charge in [0.2, 0.25) is 15.9 Å². The Labute approximate surface area is 192 Å². The molecule has 1 fully saturated rings. The van der Waals surface area contributed by atoms with Crippen molar-refractivity contribution in [3.05, 3.63) is 53.1 Å². The molecule has 170 valence electrons. The lowest BCUT2D eigenvalue weighted by molar-refractivity contribution is -0.126. The molecular formula is C22H26ClN5O3S. The molecule has 0 aliphatic carbocycles. The van der Waals surface area contributed by atoms with E-state index in [-0.39, 0.29) is 23.4 Å². The second-order valence-electron chi connectivity index (χ2n) is 8.33. The molecule has 3 aromatic rings. The molecule has 1 saturated heterocycles. The summed E-state index contributed by atoms with van der Waals surface area (Å²) in [4.78, 5) is 12.9. The second kappa shape index (κ2) is 9.17. The summed E-state index contributed by atoms with van der Waals surface area (Å²) in [6.07, 6.45) is 1.27. The van der Waals surface area contributed by atoms with Crippen LogP contribution in [-0.4, -0.2) is 46.7 Å². The smallest absolute Gasteiger partial charge is 0.243 e. The average molecular weight is 476 g/mol. The highest BCUT2D eigenvalue weighted by Crippen LogP contribution is 2.26. The van der Waals surface area contributed by atoms with E-state index in [4.69, 9.17) is 11.6 Å². The van der Waals surface area contributed by atoms with E-state index in [9.17, 15) is 13.2 Å². The fraction of sp³-hybridized carbons (Fsp3) is 0.409. The number of nitrogens with one attached hydrogen (secondary N) is 1. The molecule has 32 heavy (non-hydrogen) atoms. The number of nitrogens with zero attached hydrogens (tertiary/aromatic N) is 4. The van der Waals surface area contributed by atoms with Crippen LogP contribution in [0.15, 0.2) is 47.4 Å². The minimum absolute atomic E-state index is 0.121. The van der Waals surface area contributed by atoms with Gasteiger partial charge in [-0.05, 0) is 62.6 Å². The number of carbonyl (C=O) groups is 1. The van der Waals surface area contributed by atoms with Crippen molar-refractivity contribution in [1.82, 2.24) is 24.6 Å². The van der Waals surface area contributed by atoms with E-state index in [0.29, 0.717) is 36.5 Å². The molecule has 0 bridgehead atoms. The Balaban J connectivity index is 1.47. The summed E-state index contributed by atoms with van der Waals surface area (Å²) >= 11 is 5.99. The molecule has 1 aliphatic rings. The van der Waals surface area contributed by atoms with Gasteiger partial charge in [0.05, 0.1) is 16.3 Å². The van der Waals surface area contributed by atoms with Gasteiger partial charge in [0.1, 0.15) is 5.52 Å². The summed E-state index contributed by atoms with van der Waals surface area (Å²) < 4.78 is 29.7. The lowest BCUT2D eigenvalue weighted by Crippen LogP contribution is -2.45. The number of sulfonamides is 1. The molecule has 4 rings (SSSR count). The molecule has 10 heteroatoms. The Morgan fingerprint density at radius 1 is 1.25 bits per heavy atom. The number of benzene rings is 2. The Hall–Kier alpha value is -2.49. The molecule has 1 aliphatic heterocycles. The van der Waals surface area contributed by atoms with Crippen LogP contribution in [0.3, 0.4) is 0 Å². The van der Waals surface area contributed by atoms with Gasteiger partial charge in [-0.3, -0.25) is 4.79 Å². The standard InChI is InChI=1S/C22H26ClN5O3S/c1-15(2)28-21-9-8-19(12-20(21)25-26-28)32(30,31)27-10-4-6-17(14-27)22(29)24-13-16-5-3-7-18(23)11-16/h3,5,7-9,11-12,15,17H,4,6,10,13-14H2,1-2H3,(H,24,29)/t17-/m0/s1. The number of aromatic nitrogens is 3. The van der Waals surface area contributed by atoms with Crippen LogP contribution >= 0.6 is 11.6 Å². The van der Waals surface area contributed by atoms with Crippen molar-refractivity contribution in [2.24, 2.45) is 5.92 Å². The van der Waals surface area contributed by atoms with Crippen LogP contribution in [0.2, 0.25) is 5.02 Å². The summed E-state index contributed by atoms with van der Waals surface area (Å²) in [7, 11) is -3.74. The SMILES string of the molecule is CC(C)n1nnc2cc(S(=O)(=O)N3CCC[C@H](C(=O)NCc4cccc(Cl)c4)C3)ccc21. The maximum atomic E-state index is 13.3. The lowest BCUT2D eigenvalue weighted by Gasteiger charge is -2.31. The molecule has 2 heterocycles. The van der Waals surface area contributed by atoms with Crippen molar-refractivity contribution in [3.63, 3.8) is 0 Å². The highest BCUT2D eigenvalue weighted by Gasteiger charge is 2.33. The van der Waals surface area contributed by atoms with Crippen molar-refractivity contribution in [3.8, 4) is 0 Å². The summed E-state index contributed by atoms with van der Waals surface area (Å²) in [5.41, 5.74) is 2.22. The third-order valence-corrected chi connectivity index (χ3v) is 7.78. The molecule has 1 atom stereocenters. The van der Waals surface area contributed by atoms with Crippen molar-refractivity contribution in [1.29, 1.82) is 0 Å². The van der Waals surface area contributed by atoms with Crippen LogP contribution in [0.1, 0.15) is 38.3 Å². The number of fused-ring (bicyclic) bond motifs is 1. The normalized spacial score (nSPS) is 17.7. The summed E-state index contributed by atoms with van der Waals surface area (Å²) in [5.74, 6) is -0.552. The van der Waals surface area contributed by atoms with Gasteiger partial charge in [0, 0.05) is 30.7 Å². The Kier molecular flexibility index (Phi) is 6.50. The number of hydrogen-bond donors (Lipinski definition) is 1. The predicted octanol–water partition coefficient (Wildman–Crippen LogP) is 3.38. The van der Waals surface area contributed by atoms with Crippen molar-refractivity contribution >= 4 is 38.6 Å². The molecule has 2 aromatic carbocycles. The number of halogens is 1. The summed E-state index contributed by atoms with van der Waals surface area (Å²) in [6, 6.07) is 12.3. The third-order valence-electron chi connectivity index (χ3n) is 5.68. The second-order valence-corrected chi connectivity index (χ2v) is 10.7. The topological polar surface area (TPSA) is 97.2 Å². The average Bonchev–Trinajstić information content (AvgIpc) is 3.21. The quantitative estimate of drug-likeness (QED) is 0.589. The first-order valence-electron chi connectivity index (χ1n) is 10.6. The van der Waals surface area contributed by atoms with Crippen LogP contribution in [0.25, 0.3) is 11.0 Å².